The van der Waals surface area contributed by atoms with Crippen LogP contribution in [-0.2, 0) is 13.1 Å². The molecule has 0 aliphatic carbocycles. The lowest BCUT2D eigenvalue weighted by molar-refractivity contribution is -0.153. The van der Waals surface area contributed by atoms with Crippen LogP contribution in [0.5, 0.6) is 5.75 Å². The largest absolute Gasteiger partial charge is 0.484 e. The molecule has 0 aliphatic heterocycles. The second-order valence-electron chi connectivity index (χ2n) is 5.51. The van der Waals surface area contributed by atoms with Gasteiger partial charge < -0.3 is 10.1 Å². The number of hydrogen-bond donors (Lipinski definition) is 1. The fourth-order valence-corrected chi connectivity index (χ4v) is 2.21. The third-order valence-corrected chi connectivity index (χ3v) is 3.69. The van der Waals surface area contributed by atoms with Crippen LogP contribution < -0.4 is 10.1 Å². The van der Waals surface area contributed by atoms with Crippen LogP contribution in [-0.4, -0.2) is 12.8 Å². The molecule has 2 rings (SSSR count). The average molecular weight is 323 g/mol. The monoisotopic (exact) mass is 323 g/mol. The van der Waals surface area contributed by atoms with E-state index >= 15 is 0 Å². The minimum atomic E-state index is -4.31. The van der Waals surface area contributed by atoms with Gasteiger partial charge in [-0.05, 0) is 48.2 Å². The summed E-state index contributed by atoms with van der Waals surface area (Å²) in [6.45, 7) is 4.31. The van der Waals surface area contributed by atoms with E-state index in [1.807, 2.05) is 6.07 Å². The van der Waals surface area contributed by atoms with E-state index in [1.54, 1.807) is 24.3 Å². The highest BCUT2D eigenvalue weighted by molar-refractivity contribution is 5.33. The number of aryl methyl sites for hydroxylation is 1. The molecule has 0 bridgehead atoms. The van der Waals surface area contributed by atoms with Crippen molar-refractivity contribution in [2.24, 2.45) is 0 Å². The first-order valence-corrected chi connectivity index (χ1v) is 7.39. The summed E-state index contributed by atoms with van der Waals surface area (Å²) in [7, 11) is 0. The maximum absolute atomic E-state index is 12.1. The van der Waals surface area contributed by atoms with E-state index in [0.717, 1.165) is 12.1 Å². The van der Waals surface area contributed by atoms with Crippen molar-refractivity contribution in [3.8, 4) is 5.75 Å². The third-order valence-electron chi connectivity index (χ3n) is 3.69. The van der Waals surface area contributed by atoms with Gasteiger partial charge in [0.25, 0.3) is 0 Å². The van der Waals surface area contributed by atoms with Crippen molar-refractivity contribution in [3.05, 3.63) is 64.7 Å². The van der Waals surface area contributed by atoms with Crippen molar-refractivity contribution in [2.45, 2.75) is 33.1 Å². The standard InChI is InChI=1S/C18H20F3NO/c1-13-4-3-5-16(14(13)2)11-22-10-15-6-8-17(9-7-15)23-12-18(19,20)21/h3-9,22H,10-12H2,1-2H3. The summed E-state index contributed by atoms with van der Waals surface area (Å²) < 4.78 is 40.9. The van der Waals surface area contributed by atoms with Crippen LogP contribution in [0.3, 0.4) is 0 Å². The van der Waals surface area contributed by atoms with Gasteiger partial charge in [0.15, 0.2) is 6.61 Å². The van der Waals surface area contributed by atoms with E-state index in [0.29, 0.717) is 6.54 Å². The lowest BCUT2D eigenvalue weighted by Crippen LogP contribution is -2.19. The Hall–Kier alpha value is -2.01. The van der Waals surface area contributed by atoms with Crippen molar-refractivity contribution in [1.82, 2.24) is 5.32 Å². The Kier molecular flexibility index (Phi) is 5.66. The number of alkyl halides is 3. The zero-order valence-electron chi connectivity index (χ0n) is 13.2. The molecule has 0 saturated carbocycles. The van der Waals surface area contributed by atoms with Crippen LogP contribution >= 0.6 is 0 Å². The molecule has 0 saturated heterocycles. The molecular formula is C18H20F3NO. The molecule has 0 aromatic heterocycles. The molecule has 124 valence electrons. The average Bonchev–Trinajstić information content (AvgIpc) is 2.50. The van der Waals surface area contributed by atoms with Crippen molar-refractivity contribution in [1.29, 1.82) is 0 Å². The molecule has 0 fully saturated rings. The summed E-state index contributed by atoms with van der Waals surface area (Å²) in [4.78, 5) is 0. The second-order valence-corrected chi connectivity index (χ2v) is 5.51. The van der Waals surface area contributed by atoms with Gasteiger partial charge in [0, 0.05) is 13.1 Å². The van der Waals surface area contributed by atoms with Crippen molar-refractivity contribution in [3.63, 3.8) is 0 Å². The van der Waals surface area contributed by atoms with Crippen molar-refractivity contribution in [2.75, 3.05) is 6.61 Å². The molecule has 2 aromatic rings. The Balaban J connectivity index is 1.83. The van der Waals surface area contributed by atoms with Crippen LogP contribution in [0, 0.1) is 13.8 Å². The molecule has 23 heavy (non-hydrogen) atoms. The summed E-state index contributed by atoms with van der Waals surface area (Å²) in [6, 6.07) is 12.8. The highest BCUT2D eigenvalue weighted by Gasteiger charge is 2.28. The highest BCUT2D eigenvalue weighted by Crippen LogP contribution is 2.19. The van der Waals surface area contributed by atoms with Gasteiger partial charge in [0.2, 0.25) is 0 Å². The van der Waals surface area contributed by atoms with Crippen molar-refractivity contribution >= 4 is 0 Å². The van der Waals surface area contributed by atoms with E-state index in [9.17, 15) is 13.2 Å². The van der Waals surface area contributed by atoms with Crippen LogP contribution in [0.1, 0.15) is 22.3 Å². The van der Waals surface area contributed by atoms with Crippen LogP contribution in [0.25, 0.3) is 0 Å². The number of nitrogens with one attached hydrogen (secondary N) is 1. The van der Waals surface area contributed by atoms with Crippen LogP contribution in [0.15, 0.2) is 42.5 Å². The number of ether oxygens (including phenoxy) is 1. The minimum Gasteiger partial charge on any atom is -0.484 e. The molecule has 0 unspecified atom stereocenters. The van der Waals surface area contributed by atoms with Gasteiger partial charge in [-0.3, -0.25) is 0 Å². The van der Waals surface area contributed by atoms with Gasteiger partial charge in [-0.1, -0.05) is 30.3 Å². The summed E-state index contributed by atoms with van der Waals surface area (Å²) in [5.41, 5.74) is 4.77. The molecule has 5 heteroatoms. The quantitative estimate of drug-likeness (QED) is 0.843. The summed E-state index contributed by atoms with van der Waals surface area (Å²) in [5.74, 6) is 0.223. The summed E-state index contributed by atoms with van der Waals surface area (Å²) in [5, 5.41) is 3.34. The number of rotatable bonds is 6. The molecule has 1 N–H and O–H groups in total. The number of hydrogen-bond acceptors (Lipinski definition) is 2. The zero-order valence-corrected chi connectivity index (χ0v) is 13.2. The molecule has 0 heterocycles. The molecule has 0 amide bonds. The lowest BCUT2D eigenvalue weighted by atomic mass is 10.0. The minimum absolute atomic E-state index is 0.223. The highest BCUT2D eigenvalue weighted by atomic mass is 19.4. The number of benzene rings is 2. The van der Waals surface area contributed by atoms with E-state index < -0.39 is 12.8 Å². The first-order chi connectivity index (χ1) is 10.8. The fraction of sp³-hybridized carbons (Fsp3) is 0.333. The fourth-order valence-electron chi connectivity index (χ4n) is 2.21. The Morgan fingerprint density at radius 1 is 0.957 bits per heavy atom. The van der Waals surface area contributed by atoms with Crippen LogP contribution in [0.2, 0.25) is 0 Å². The number of halogens is 3. The molecule has 2 nitrogen and oxygen atoms in total. The third kappa shape index (κ3) is 5.60. The van der Waals surface area contributed by atoms with Gasteiger partial charge in [0.05, 0.1) is 0 Å². The van der Waals surface area contributed by atoms with E-state index in [4.69, 9.17) is 0 Å². The van der Waals surface area contributed by atoms with Gasteiger partial charge in [0.1, 0.15) is 5.75 Å². The molecule has 0 aliphatic rings. The molecule has 0 atom stereocenters. The maximum atomic E-state index is 12.1. The lowest BCUT2D eigenvalue weighted by Gasteiger charge is -2.11. The van der Waals surface area contributed by atoms with E-state index in [-0.39, 0.29) is 5.75 Å². The van der Waals surface area contributed by atoms with E-state index in [1.165, 1.54) is 16.7 Å². The maximum Gasteiger partial charge on any atom is 0.422 e. The smallest absolute Gasteiger partial charge is 0.422 e. The van der Waals surface area contributed by atoms with Crippen molar-refractivity contribution < 1.29 is 17.9 Å². The van der Waals surface area contributed by atoms with Crippen LogP contribution in [0.4, 0.5) is 13.2 Å². The Labute approximate surface area is 134 Å². The Bertz CT molecular complexity index is 636. The van der Waals surface area contributed by atoms with Gasteiger partial charge >= 0.3 is 6.18 Å². The Morgan fingerprint density at radius 3 is 2.30 bits per heavy atom. The molecular weight excluding hydrogens is 303 g/mol. The molecule has 2 aromatic carbocycles. The molecule has 0 radical (unpaired) electrons. The predicted molar refractivity (Wildman–Crippen MR) is 84.5 cm³/mol. The first-order valence-electron chi connectivity index (χ1n) is 7.39. The first kappa shape index (κ1) is 17.3. The second kappa shape index (κ2) is 7.51. The summed E-state index contributed by atoms with van der Waals surface area (Å²) in [6.07, 6.45) is -4.31. The normalized spacial score (nSPS) is 11.5. The SMILES string of the molecule is Cc1cccc(CNCc2ccc(OCC(F)(F)F)cc2)c1C. The molecule has 0 spiro atoms. The Morgan fingerprint density at radius 2 is 1.65 bits per heavy atom. The van der Waals surface area contributed by atoms with E-state index in [2.05, 4.69) is 36.0 Å². The van der Waals surface area contributed by atoms with Gasteiger partial charge in [-0.25, -0.2) is 0 Å². The predicted octanol–water partition coefficient (Wildman–Crippen LogP) is 4.53. The topological polar surface area (TPSA) is 21.3 Å². The van der Waals surface area contributed by atoms with Gasteiger partial charge in [-0.15, -0.1) is 0 Å². The zero-order chi connectivity index (χ0) is 16.9. The summed E-state index contributed by atoms with van der Waals surface area (Å²) >= 11 is 0. The van der Waals surface area contributed by atoms with Gasteiger partial charge in [-0.2, -0.15) is 13.2 Å².